The fourth-order valence-corrected chi connectivity index (χ4v) is 3.83. The lowest BCUT2D eigenvalue weighted by atomic mass is 9.92. The summed E-state index contributed by atoms with van der Waals surface area (Å²) in [5, 5.41) is 2.96. The molecule has 0 spiro atoms. The number of urea groups is 1. The lowest BCUT2D eigenvalue weighted by Crippen LogP contribution is -2.49. The van der Waals surface area contributed by atoms with E-state index in [9.17, 15) is 22.8 Å². The number of rotatable bonds is 6. The molecule has 3 rings (SSSR count). The highest BCUT2D eigenvalue weighted by atomic mass is 19.4. The van der Waals surface area contributed by atoms with Crippen LogP contribution >= 0.6 is 0 Å². The third-order valence-electron chi connectivity index (χ3n) is 5.25. The lowest BCUT2D eigenvalue weighted by molar-refractivity contribution is -0.274. The summed E-state index contributed by atoms with van der Waals surface area (Å²) in [5.41, 5.74) is 2.67. The molecule has 9 heteroatoms. The van der Waals surface area contributed by atoms with E-state index >= 15 is 0 Å². The minimum atomic E-state index is -4.75. The highest BCUT2D eigenvalue weighted by molar-refractivity contribution is 6.01. The second-order valence-electron chi connectivity index (χ2n) is 9.71. The summed E-state index contributed by atoms with van der Waals surface area (Å²) in [5.74, 6) is -0.431. The van der Waals surface area contributed by atoms with Crippen LogP contribution < -0.4 is 15.0 Å². The molecule has 0 saturated carbocycles. The van der Waals surface area contributed by atoms with E-state index in [1.807, 2.05) is 45.9 Å². The van der Waals surface area contributed by atoms with Gasteiger partial charge in [0.1, 0.15) is 5.75 Å². The molecule has 184 valence electrons. The summed E-state index contributed by atoms with van der Waals surface area (Å²) in [4.78, 5) is 29.2. The number of amides is 3. The van der Waals surface area contributed by atoms with Gasteiger partial charge in [-0.05, 0) is 54.2 Å². The van der Waals surface area contributed by atoms with Gasteiger partial charge < -0.3 is 15.0 Å². The molecule has 1 aliphatic heterocycles. The molecular weight excluding hydrogens is 447 g/mol. The van der Waals surface area contributed by atoms with Gasteiger partial charge in [-0.25, -0.2) is 4.79 Å². The molecule has 0 bridgehead atoms. The predicted octanol–water partition coefficient (Wildman–Crippen LogP) is 6.10. The highest BCUT2D eigenvalue weighted by Gasteiger charge is 2.31. The Hall–Kier alpha value is -3.23. The van der Waals surface area contributed by atoms with Gasteiger partial charge in [0.15, 0.2) is 0 Å². The Labute approximate surface area is 197 Å². The predicted molar refractivity (Wildman–Crippen MR) is 125 cm³/mol. The maximum Gasteiger partial charge on any atom is 0.573 e. The van der Waals surface area contributed by atoms with E-state index in [0.717, 1.165) is 5.56 Å². The standard InChI is InChI=1S/C25H30F3N3O3/c1-17-6-11-21(20(14-17)29-22(32)15-24(2,3)4)31-13-5-12-30(23(31)33)16-18-7-9-19(10-8-18)34-25(26,27)28/h6-11,14H,5,12-13,15-16H2,1-4H3,(H,29,32). The SMILES string of the molecule is Cc1ccc(N2CCCN(Cc3ccc(OC(F)(F)F)cc3)C2=O)c(NC(=O)CC(C)(C)C)c1. The van der Waals surface area contributed by atoms with Crippen LogP contribution in [0.3, 0.4) is 0 Å². The van der Waals surface area contributed by atoms with Crippen molar-refractivity contribution in [1.29, 1.82) is 0 Å². The van der Waals surface area contributed by atoms with Crippen LogP contribution in [0.5, 0.6) is 5.75 Å². The summed E-state index contributed by atoms with van der Waals surface area (Å²) in [6.07, 6.45) is -3.70. The number of nitrogens with one attached hydrogen (secondary N) is 1. The first kappa shape index (κ1) is 25.4. The quantitative estimate of drug-likeness (QED) is 0.547. The Morgan fingerprint density at radius 3 is 2.35 bits per heavy atom. The van der Waals surface area contributed by atoms with Crippen molar-refractivity contribution >= 4 is 23.3 Å². The van der Waals surface area contributed by atoms with Crippen LogP contribution in [0, 0.1) is 12.3 Å². The molecule has 1 N–H and O–H groups in total. The van der Waals surface area contributed by atoms with Crippen LogP contribution in [0.15, 0.2) is 42.5 Å². The normalized spacial score (nSPS) is 14.9. The molecule has 3 amide bonds. The molecule has 1 saturated heterocycles. The molecule has 1 heterocycles. The highest BCUT2D eigenvalue weighted by Crippen LogP contribution is 2.31. The summed E-state index contributed by atoms with van der Waals surface area (Å²) >= 11 is 0. The minimum Gasteiger partial charge on any atom is -0.406 e. The Kier molecular flexibility index (Phi) is 7.43. The zero-order valence-corrected chi connectivity index (χ0v) is 19.8. The van der Waals surface area contributed by atoms with Crippen LogP contribution in [-0.4, -0.2) is 36.3 Å². The van der Waals surface area contributed by atoms with E-state index in [1.54, 1.807) is 9.80 Å². The van der Waals surface area contributed by atoms with E-state index < -0.39 is 6.36 Å². The van der Waals surface area contributed by atoms with E-state index in [2.05, 4.69) is 10.1 Å². The zero-order valence-electron chi connectivity index (χ0n) is 19.8. The number of aryl methyl sites for hydroxylation is 1. The van der Waals surface area contributed by atoms with Crippen molar-refractivity contribution in [1.82, 2.24) is 4.90 Å². The van der Waals surface area contributed by atoms with Crippen molar-refractivity contribution in [2.75, 3.05) is 23.3 Å². The first-order chi connectivity index (χ1) is 15.8. The van der Waals surface area contributed by atoms with Crippen molar-refractivity contribution in [2.24, 2.45) is 5.41 Å². The number of halogens is 3. The second kappa shape index (κ2) is 9.95. The van der Waals surface area contributed by atoms with Crippen molar-refractivity contribution < 1.29 is 27.5 Å². The topological polar surface area (TPSA) is 61.9 Å². The van der Waals surface area contributed by atoms with Crippen molar-refractivity contribution in [2.45, 2.75) is 53.4 Å². The second-order valence-corrected chi connectivity index (χ2v) is 9.71. The fraction of sp³-hybridized carbons (Fsp3) is 0.440. The Bertz CT molecular complexity index is 1030. The maximum absolute atomic E-state index is 13.3. The van der Waals surface area contributed by atoms with Crippen LogP contribution in [0.2, 0.25) is 0 Å². The smallest absolute Gasteiger partial charge is 0.406 e. The lowest BCUT2D eigenvalue weighted by Gasteiger charge is -2.36. The first-order valence-electron chi connectivity index (χ1n) is 11.1. The minimum absolute atomic E-state index is 0.123. The van der Waals surface area contributed by atoms with Crippen molar-refractivity contribution in [3.8, 4) is 5.75 Å². The van der Waals surface area contributed by atoms with E-state index in [0.29, 0.717) is 42.9 Å². The number of ether oxygens (including phenoxy) is 1. The molecule has 1 aliphatic rings. The number of nitrogens with zero attached hydrogens (tertiary/aromatic N) is 2. The van der Waals surface area contributed by atoms with Crippen LogP contribution in [0.4, 0.5) is 29.3 Å². The molecule has 6 nitrogen and oxygen atoms in total. The zero-order chi connectivity index (χ0) is 25.1. The number of carbonyl (C=O) groups excluding carboxylic acids is 2. The summed E-state index contributed by atoms with van der Waals surface area (Å²) in [6.45, 7) is 9.14. The monoisotopic (exact) mass is 477 g/mol. The molecule has 0 atom stereocenters. The van der Waals surface area contributed by atoms with Crippen LogP contribution in [-0.2, 0) is 11.3 Å². The molecule has 34 heavy (non-hydrogen) atoms. The number of alkyl halides is 3. The van der Waals surface area contributed by atoms with E-state index in [-0.39, 0.29) is 29.6 Å². The van der Waals surface area contributed by atoms with E-state index in [1.165, 1.54) is 24.3 Å². The molecule has 2 aromatic rings. The molecule has 1 fully saturated rings. The third kappa shape index (κ3) is 7.13. The van der Waals surface area contributed by atoms with E-state index in [4.69, 9.17) is 0 Å². The van der Waals surface area contributed by atoms with Gasteiger partial charge in [-0.1, -0.05) is 39.0 Å². The van der Waals surface area contributed by atoms with Crippen molar-refractivity contribution in [3.05, 3.63) is 53.6 Å². The van der Waals surface area contributed by atoms with Gasteiger partial charge in [-0.15, -0.1) is 13.2 Å². The van der Waals surface area contributed by atoms with Crippen LogP contribution in [0.1, 0.15) is 44.7 Å². The number of carbonyl (C=O) groups is 2. The van der Waals surface area contributed by atoms with Gasteiger partial charge in [0, 0.05) is 26.1 Å². The average Bonchev–Trinajstić information content (AvgIpc) is 2.69. The van der Waals surface area contributed by atoms with Gasteiger partial charge in [-0.3, -0.25) is 9.69 Å². The first-order valence-corrected chi connectivity index (χ1v) is 11.1. The Morgan fingerprint density at radius 1 is 1.06 bits per heavy atom. The number of benzene rings is 2. The van der Waals surface area contributed by atoms with Crippen LogP contribution in [0.25, 0.3) is 0 Å². The summed E-state index contributed by atoms with van der Waals surface area (Å²) < 4.78 is 41.0. The Morgan fingerprint density at radius 2 is 1.74 bits per heavy atom. The van der Waals surface area contributed by atoms with Gasteiger partial charge in [0.05, 0.1) is 11.4 Å². The number of hydrogen-bond acceptors (Lipinski definition) is 3. The van der Waals surface area contributed by atoms with Gasteiger partial charge in [0.2, 0.25) is 5.91 Å². The average molecular weight is 478 g/mol. The summed E-state index contributed by atoms with van der Waals surface area (Å²) in [7, 11) is 0. The van der Waals surface area contributed by atoms with Gasteiger partial charge in [0.25, 0.3) is 0 Å². The fourth-order valence-electron chi connectivity index (χ4n) is 3.83. The maximum atomic E-state index is 13.3. The molecular formula is C25H30F3N3O3. The number of anilines is 2. The largest absolute Gasteiger partial charge is 0.573 e. The van der Waals surface area contributed by atoms with Crippen molar-refractivity contribution in [3.63, 3.8) is 0 Å². The van der Waals surface area contributed by atoms with Gasteiger partial charge in [-0.2, -0.15) is 0 Å². The number of hydrogen-bond donors (Lipinski definition) is 1. The van der Waals surface area contributed by atoms with Gasteiger partial charge >= 0.3 is 12.4 Å². The molecule has 0 radical (unpaired) electrons. The molecule has 0 unspecified atom stereocenters. The molecule has 0 aromatic heterocycles. The Balaban J connectivity index is 1.75. The summed E-state index contributed by atoms with van der Waals surface area (Å²) in [6, 6.07) is 10.8. The third-order valence-corrected chi connectivity index (χ3v) is 5.25. The molecule has 2 aromatic carbocycles. The molecule has 0 aliphatic carbocycles.